The molecule has 0 fully saturated rings. The Balaban J connectivity index is 2.09. The normalized spacial score (nSPS) is 12.7. The Morgan fingerprint density at radius 1 is 0.951 bits per heavy atom. The molecule has 0 unspecified atom stereocenters. The summed E-state index contributed by atoms with van der Waals surface area (Å²) in [6, 6.07) is 21.2. The van der Waals surface area contributed by atoms with Crippen LogP contribution in [0.2, 0.25) is 0 Å². The lowest BCUT2D eigenvalue weighted by Gasteiger charge is -2.34. The van der Waals surface area contributed by atoms with Crippen LogP contribution >= 0.6 is 0 Å². The van der Waals surface area contributed by atoms with Crippen LogP contribution in [0.15, 0.2) is 72.8 Å². The molecule has 2 atom stereocenters. The fourth-order valence-electron chi connectivity index (χ4n) is 4.64. The van der Waals surface area contributed by atoms with E-state index in [0.29, 0.717) is 11.4 Å². The second-order valence-electron chi connectivity index (χ2n) is 10.5. The maximum Gasteiger partial charge on any atom is 0.244 e. The maximum absolute atomic E-state index is 14.2. The molecular formula is C32H41N3O5S. The number of methoxy groups -OCH3 is 1. The highest BCUT2D eigenvalue weighted by atomic mass is 32.2. The van der Waals surface area contributed by atoms with Crippen molar-refractivity contribution >= 4 is 27.5 Å². The minimum Gasteiger partial charge on any atom is -0.497 e. The molecule has 3 rings (SSSR count). The maximum atomic E-state index is 14.2. The molecule has 0 aliphatic rings. The highest BCUT2D eigenvalue weighted by molar-refractivity contribution is 7.92. The number of nitrogens with one attached hydrogen (secondary N) is 1. The molecule has 1 N–H and O–H groups in total. The summed E-state index contributed by atoms with van der Waals surface area (Å²) in [5, 5.41) is 3.03. The van der Waals surface area contributed by atoms with E-state index in [1.54, 1.807) is 19.2 Å². The Labute approximate surface area is 244 Å². The number of carbonyl (C=O) groups excluding carboxylic acids is 2. The van der Waals surface area contributed by atoms with Gasteiger partial charge in [0.05, 0.1) is 19.1 Å². The molecule has 0 spiro atoms. The Bertz CT molecular complexity index is 1440. The largest absolute Gasteiger partial charge is 0.497 e. The van der Waals surface area contributed by atoms with Gasteiger partial charge in [0, 0.05) is 19.0 Å². The second-order valence-corrected chi connectivity index (χ2v) is 12.4. The average molecular weight is 580 g/mol. The van der Waals surface area contributed by atoms with E-state index in [9.17, 15) is 18.0 Å². The zero-order chi connectivity index (χ0) is 30.2. The number of amides is 2. The number of sulfonamides is 1. The van der Waals surface area contributed by atoms with E-state index in [0.717, 1.165) is 39.2 Å². The van der Waals surface area contributed by atoms with E-state index >= 15 is 0 Å². The number of nitrogens with zero attached hydrogens (tertiary/aromatic N) is 2. The molecule has 0 saturated carbocycles. The van der Waals surface area contributed by atoms with E-state index in [2.05, 4.69) is 5.32 Å². The summed E-state index contributed by atoms with van der Waals surface area (Å²) in [6.45, 7) is 7.27. The Morgan fingerprint density at radius 2 is 1.63 bits per heavy atom. The highest BCUT2D eigenvalue weighted by Gasteiger charge is 2.33. The Kier molecular flexibility index (Phi) is 10.9. The quantitative estimate of drug-likeness (QED) is 0.319. The third-order valence-electron chi connectivity index (χ3n) is 7.06. The van der Waals surface area contributed by atoms with Crippen LogP contribution in [-0.4, -0.2) is 57.1 Å². The molecule has 41 heavy (non-hydrogen) atoms. The molecule has 0 saturated heterocycles. The SMILES string of the molecule is CC[C@H](C)NC(=O)[C@@H](Cc1ccccc1)N(Cc1cccc(OC)c1)C(=O)CN(c1ccc(C)cc1C)S(C)(=O)=O. The molecule has 2 amide bonds. The molecule has 0 aliphatic heterocycles. The lowest BCUT2D eigenvalue weighted by atomic mass is 10.0. The molecule has 0 heterocycles. The van der Waals surface area contributed by atoms with Crippen LogP contribution in [0.3, 0.4) is 0 Å². The van der Waals surface area contributed by atoms with Gasteiger partial charge in [0.15, 0.2) is 0 Å². The number of ether oxygens (including phenoxy) is 1. The van der Waals surface area contributed by atoms with Crippen molar-refractivity contribution in [3.63, 3.8) is 0 Å². The summed E-state index contributed by atoms with van der Waals surface area (Å²) < 4.78 is 32.5. The fraction of sp³-hybridized carbons (Fsp3) is 0.375. The lowest BCUT2D eigenvalue weighted by Crippen LogP contribution is -2.54. The molecule has 220 valence electrons. The van der Waals surface area contributed by atoms with E-state index in [-0.39, 0.29) is 24.9 Å². The van der Waals surface area contributed by atoms with Crippen molar-refractivity contribution in [2.24, 2.45) is 0 Å². The zero-order valence-electron chi connectivity index (χ0n) is 24.8. The molecule has 0 radical (unpaired) electrons. The number of benzene rings is 3. The van der Waals surface area contributed by atoms with Crippen molar-refractivity contribution in [1.82, 2.24) is 10.2 Å². The van der Waals surface area contributed by atoms with Gasteiger partial charge in [-0.1, -0.05) is 67.1 Å². The van der Waals surface area contributed by atoms with Crippen LogP contribution in [0.4, 0.5) is 5.69 Å². The number of carbonyl (C=O) groups is 2. The van der Waals surface area contributed by atoms with Gasteiger partial charge in [-0.2, -0.15) is 0 Å². The summed E-state index contributed by atoms with van der Waals surface area (Å²) in [4.78, 5) is 29.5. The van der Waals surface area contributed by atoms with Gasteiger partial charge >= 0.3 is 0 Å². The van der Waals surface area contributed by atoms with Gasteiger partial charge in [0.25, 0.3) is 0 Å². The van der Waals surface area contributed by atoms with Crippen LogP contribution in [-0.2, 0) is 32.6 Å². The molecule has 0 bridgehead atoms. The van der Waals surface area contributed by atoms with Crippen LogP contribution in [0.1, 0.15) is 42.5 Å². The summed E-state index contributed by atoms with van der Waals surface area (Å²) in [5.74, 6) is -0.165. The first-order chi connectivity index (χ1) is 19.4. The first-order valence-corrected chi connectivity index (χ1v) is 15.6. The van der Waals surface area contributed by atoms with Crippen molar-refractivity contribution in [2.45, 2.75) is 59.2 Å². The van der Waals surface area contributed by atoms with E-state index in [1.807, 2.05) is 88.4 Å². The van der Waals surface area contributed by atoms with E-state index in [4.69, 9.17) is 4.74 Å². The number of aryl methyl sites for hydroxylation is 2. The third-order valence-corrected chi connectivity index (χ3v) is 8.19. The van der Waals surface area contributed by atoms with Gasteiger partial charge in [0.1, 0.15) is 18.3 Å². The van der Waals surface area contributed by atoms with Crippen LogP contribution in [0, 0.1) is 13.8 Å². The number of hydrogen-bond acceptors (Lipinski definition) is 5. The van der Waals surface area contributed by atoms with Crippen LogP contribution < -0.4 is 14.4 Å². The first-order valence-electron chi connectivity index (χ1n) is 13.7. The molecule has 0 aromatic heterocycles. The van der Waals surface area contributed by atoms with Crippen molar-refractivity contribution < 1.29 is 22.7 Å². The number of anilines is 1. The molecule has 9 heteroatoms. The van der Waals surface area contributed by atoms with Gasteiger partial charge in [-0.05, 0) is 62.1 Å². The predicted molar refractivity (Wildman–Crippen MR) is 163 cm³/mol. The molecule has 0 aliphatic carbocycles. The van der Waals surface area contributed by atoms with Crippen molar-refractivity contribution in [3.8, 4) is 5.75 Å². The van der Waals surface area contributed by atoms with Crippen LogP contribution in [0.5, 0.6) is 5.75 Å². The minimum absolute atomic E-state index is 0.0892. The van der Waals surface area contributed by atoms with Gasteiger partial charge in [-0.3, -0.25) is 13.9 Å². The number of rotatable bonds is 13. The summed E-state index contributed by atoms with van der Waals surface area (Å²) in [6.07, 6.45) is 2.08. The first kappa shape index (κ1) is 31.7. The van der Waals surface area contributed by atoms with E-state index in [1.165, 1.54) is 4.90 Å². The molecular weight excluding hydrogens is 538 g/mol. The standard InChI is InChI=1S/C32H41N3O5S/c1-7-25(4)33-32(37)30(20-26-12-9-8-10-13-26)34(21-27-14-11-15-28(19-27)40-5)31(36)22-35(41(6,38)39)29-17-16-23(2)18-24(29)3/h8-19,25,30H,7,20-22H2,1-6H3,(H,33,37)/t25-,30+/m0/s1. The summed E-state index contributed by atoms with van der Waals surface area (Å²) >= 11 is 0. The van der Waals surface area contributed by atoms with Gasteiger partial charge in [-0.15, -0.1) is 0 Å². The Hall–Kier alpha value is -3.85. The number of hydrogen-bond donors (Lipinski definition) is 1. The molecule has 3 aromatic rings. The smallest absolute Gasteiger partial charge is 0.244 e. The molecule has 8 nitrogen and oxygen atoms in total. The monoisotopic (exact) mass is 579 g/mol. The predicted octanol–water partition coefficient (Wildman–Crippen LogP) is 4.63. The topological polar surface area (TPSA) is 96.0 Å². The van der Waals surface area contributed by atoms with Gasteiger partial charge in [0.2, 0.25) is 21.8 Å². The average Bonchev–Trinajstić information content (AvgIpc) is 2.93. The van der Waals surface area contributed by atoms with Crippen molar-refractivity contribution in [1.29, 1.82) is 0 Å². The third kappa shape index (κ3) is 8.82. The summed E-state index contributed by atoms with van der Waals surface area (Å²) in [5.41, 5.74) is 3.78. The van der Waals surface area contributed by atoms with Crippen LogP contribution in [0.25, 0.3) is 0 Å². The minimum atomic E-state index is -3.83. The van der Waals surface area contributed by atoms with Gasteiger partial charge < -0.3 is 15.0 Å². The van der Waals surface area contributed by atoms with Gasteiger partial charge in [-0.25, -0.2) is 8.42 Å². The molecule has 3 aromatic carbocycles. The highest BCUT2D eigenvalue weighted by Crippen LogP contribution is 2.25. The van der Waals surface area contributed by atoms with E-state index < -0.39 is 28.5 Å². The summed E-state index contributed by atoms with van der Waals surface area (Å²) in [7, 11) is -2.26. The second kappa shape index (κ2) is 14.2. The van der Waals surface area contributed by atoms with Crippen molar-refractivity contribution in [3.05, 3.63) is 95.1 Å². The fourth-order valence-corrected chi connectivity index (χ4v) is 5.55. The Morgan fingerprint density at radius 3 is 2.24 bits per heavy atom. The lowest BCUT2D eigenvalue weighted by molar-refractivity contribution is -0.140. The zero-order valence-corrected chi connectivity index (χ0v) is 25.6. The van der Waals surface area contributed by atoms with Crippen molar-refractivity contribution in [2.75, 3.05) is 24.2 Å².